The molecular formula is C8H10ClFN2. The van der Waals surface area contributed by atoms with Crippen LogP contribution in [0, 0.1) is 5.82 Å². The molecule has 0 aromatic heterocycles. The second-order valence-electron chi connectivity index (χ2n) is 2.44. The van der Waals surface area contributed by atoms with Crippen molar-refractivity contribution in [1.82, 2.24) is 5.43 Å². The number of hydrogen-bond donors (Lipinski definition) is 2. The van der Waals surface area contributed by atoms with Gasteiger partial charge in [-0.15, -0.1) is 0 Å². The summed E-state index contributed by atoms with van der Waals surface area (Å²) in [6.45, 7) is 0.539. The number of hydrazine groups is 1. The number of nitrogens with two attached hydrogens (primary N) is 1. The first-order valence-electron chi connectivity index (χ1n) is 3.61. The summed E-state index contributed by atoms with van der Waals surface area (Å²) in [5, 5.41) is 0.545. The molecule has 4 heteroatoms. The van der Waals surface area contributed by atoms with Gasteiger partial charge in [-0.2, -0.15) is 0 Å². The minimum absolute atomic E-state index is 0.241. The first kappa shape index (κ1) is 9.45. The van der Waals surface area contributed by atoms with Crippen LogP contribution in [0.15, 0.2) is 18.2 Å². The van der Waals surface area contributed by atoms with Crippen molar-refractivity contribution in [3.63, 3.8) is 0 Å². The standard InChI is InChI=1S/C8H10ClFN2/c9-7-1-2-8(10)6(5-7)3-4-12-11/h1-2,5,12H,3-4,11H2. The molecule has 0 aliphatic rings. The van der Waals surface area contributed by atoms with Gasteiger partial charge < -0.3 is 0 Å². The van der Waals surface area contributed by atoms with Crippen LogP contribution in [0.5, 0.6) is 0 Å². The van der Waals surface area contributed by atoms with E-state index in [1.165, 1.54) is 12.1 Å². The zero-order valence-corrected chi connectivity index (χ0v) is 7.24. The Morgan fingerprint density at radius 1 is 1.50 bits per heavy atom. The Hall–Kier alpha value is -0.640. The Balaban J connectivity index is 2.75. The van der Waals surface area contributed by atoms with Crippen LogP contribution in [0.1, 0.15) is 5.56 Å². The van der Waals surface area contributed by atoms with E-state index in [1.54, 1.807) is 6.07 Å². The van der Waals surface area contributed by atoms with Gasteiger partial charge in [-0.05, 0) is 30.2 Å². The minimum Gasteiger partial charge on any atom is -0.271 e. The van der Waals surface area contributed by atoms with Crippen LogP contribution < -0.4 is 11.3 Å². The molecule has 0 radical (unpaired) electrons. The van der Waals surface area contributed by atoms with Crippen molar-refractivity contribution >= 4 is 11.6 Å². The van der Waals surface area contributed by atoms with Crippen molar-refractivity contribution < 1.29 is 4.39 Å². The molecule has 2 nitrogen and oxygen atoms in total. The topological polar surface area (TPSA) is 38.0 Å². The van der Waals surface area contributed by atoms with E-state index in [1.807, 2.05) is 0 Å². The van der Waals surface area contributed by atoms with Crippen molar-refractivity contribution in [3.05, 3.63) is 34.6 Å². The fraction of sp³-hybridized carbons (Fsp3) is 0.250. The third-order valence-electron chi connectivity index (χ3n) is 1.55. The second kappa shape index (κ2) is 4.40. The fourth-order valence-electron chi connectivity index (χ4n) is 0.942. The van der Waals surface area contributed by atoms with Crippen LogP contribution in [0.2, 0.25) is 5.02 Å². The number of halogens is 2. The van der Waals surface area contributed by atoms with Gasteiger partial charge in [0.15, 0.2) is 0 Å². The van der Waals surface area contributed by atoms with Gasteiger partial charge >= 0.3 is 0 Å². The van der Waals surface area contributed by atoms with Crippen LogP contribution in [-0.4, -0.2) is 6.54 Å². The average molecular weight is 189 g/mol. The lowest BCUT2D eigenvalue weighted by atomic mass is 10.1. The molecule has 0 fully saturated rings. The highest BCUT2D eigenvalue weighted by atomic mass is 35.5. The van der Waals surface area contributed by atoms with E-state index in [9.17, 15) is 4.39 Å². The molecule has 66 valence electrons. The molecular weight excluding hydrogens is 179 g/mol. The lowest BCUT2D eigenvalue weighted by Crippen LogP contribution is -2.24. The molecule has 0 heterocycles. The van der Waals surface area contributed by atoms with Crippen LogP contribution in [0.25, 0.3) is 0 Å². The third kappa shape index (κ3) is 2.44. The maximum atomic E-state index is 13.0. The molecule has 0 amide bonds. The highest BCUT2D eigenvalue weighted by Gasteiger charge is 2.01. The largest absolute Gasteiger partial charge is 0.271 e. The van der Waals surface area contributed by atoms with Gasteiger partial charge in [0.05, 0.1) is 0 Å². The molecule has 0 unspecified atom stereocenters. The smallest absolute Gasteiger partial charge is 0.126 e. The Morgan fingerprint density at radius 3 is 2.92 bits per heavy atom. The molecule has 0 spiro atoms. The SMILES string of the molecule is NNCCc1cc(Cl)ccc1F. The molecule has 1 rings (SSSR count). The second-order valence-corrected chi connectivity index (χ2v) is 2.88. The van der Waals surface area contributed by atoms with Crippen molar-refractivity contribution in [2.24, 2.45) is 5.84 Å². The summed E-state index contributed by atoms with van der Waals surface area (Å²) >= 11 is 5.68. The molecule has 3 N–H and O–H groups in total. The van der Waals surface area contributed by atoms with E-state index in [2.05, 4.69) is 5.43 Å². The quantitative estimate of drug-likeness (QED) is 0.557. The fourth-order valence-corrected chi connectivity index (χ4v) is 1.14. The Kier molecular flexibility index (Phi) is 3.47. The van der Waals surface area contributed by atoms with Gasteiger partial charge in [0.2, 0.25) is 0 Å². The highest BCUT2D eigenvalue weighted by Crippen LogP contribution is 2.14. The van der Waals surface area contributed by atoms with Crippen LogP contribution in [-0.2, 0) is 6.42 Å². The number of rotatable bonds is 3. The van der Waals surface area contributed by atoms with Gasteiger partial charge in [-0.1, -0.05) is 11.6 Å². The van der Waals surface area contributed by atoms with Crippen LogP contribution >= 0.6 is 11.6 Å². The number of hydrogen-bond acceptors (Lipinski definition) is 2. The van der Waals surface area contributed by atoms with Crippen LogP contribution in [0.4, 0.5) is 4.39 Å². The zero-order valence-electron chi connectivity index (χ0n) is 6.48. The summed E-state index contributed by atoms with van der Waals surface area (Å²) in [5.41, 5.74) is 3.04. The van der Waals surface area contributed by atoms with Crippen LogP contribution in [0.3, 0.4) is 0 Å². The lowest BCUT2D eigenvalue weighted by Gasteiger charge is -2.02. The van der Waals surface area contributed by atoms with E-state index in [0.717, 1.165) is 0 Å². The molecule has 0 bridgehead atoms. The van der Waals surface area contributed by atoms with Crippen molar-refractivity contribution in [2.45, 2.75) is 6.42 Å². The highest BCUT2D eigenvalue weighted by molar-refractivity contribution is 6.30. The molecule has 1 aromatic carbocycles. The van der Waals surface area contributed by atoms with Gasteiger partial charge in [-0.25, -0.2) is 4.39 Å². The lowest BCUT2D eigenvalue weighted by molar-refractivity contribution is 0.601. The summed E-state index contributed by atoms with van der Waals surface area (Å²) in [7, 11) is 0. The summed E-state index contributed by atoms with van der Waals surface area (Å²) in [6, 6.07) is 4.48. The molecule has 0 saturated carbocycles. The monoisotopic (exact) mass is 188 g/mol. The van der Waals surface area contributed by atoms with Crippen molar-refractivity contribution in [3.8, 4) is 0 Å². The predicted molar refractivity (Wildman–Crippen MR) is 47.3 cm³/mol. The summed E-state index contributed by atoms with van der Waals surface area (Å²) in [5.74, 6) is 4.82. The number of benzene rings is 1. The Labute approximate surface area is 75.5 Å². The van der Waals surface area contributed by atoms with E-state index in [0.29, 0.717) is 23.6 Å². The number of nitrogens with one attached hydrogen (secondary N) is 1. The Morgan fingerprint density at radius 2 is 2.25 bits per heavy atom. The Bertz CT molecular complexity index is 265. The zero-order chi connectivity index (χ0) is 8.97. The predicted octanol–water partition coefficient (Wildman–Crippen LogP) is 1.48. The first-order chi connectivity index (χ1) is 5.74. The molecule has 1 aromatic rings. The molecule has 0 atom stereocenters. The van der Waals surface area contributed by atoms with Gasteiger partial charge in [0.1, 0.15) is 5.82 Å². The van der Waals surface area contributed by atoms with E-state index in [-0.39, 0.29) is 5.82 Å². The molecule has 0 aliphatic carbocycles. The van der Waals surface area contributed by atoms with Crippen molar-refractivity contribution in [2.75, 3.05) is 6.54 Å². The molecule has 0 saturated heterocycles. The van der Waals surface area contributed by atoms with Gasteiger partial charge in [-0.3, -0.25) is 11.3 Å². The molecule has 0 aliphatic heterocycles. The molecule has 12 heavy (non-hydrogen) atoms. The van der Waals surface area contributed by atoms with Gasteiger partial charge in [0.25, 0.3) is 0 Å². The van der Waals surface area contributed by atoms with E-state index >= 15 is 0 Å². The van der Waals surface area contributed by atoms with Crippen molar-refractivity contribution in [1.29, 1.82) is 0 Å². The average Bonchev–Trinajstić information content (AvgIpc) is 2.07. The minimum atomic E-state index is -0.241. The first-order valence-corrected chi connectivity index (χ1v) is 3.99. The summed E-state index contributed by atoms with van der Waals surface area (Å²) in [4.78, 5) is 0. The van der Waals surface area contributed by atoms with E-state index < -0.39 is 0 Å². The normalized spacial score (nSPS) is 10.2. The maximum absolute atomic E-state index is 13.0. The summed E-state index contributed by atoms with van der Waals surface area (Å²) < 4.78 is 13.0. The van der Waals surface area contributed by atoms with Gasteiger partial charge in [0, 0.05) is 11.6 Å². The third-order valence-corrected chi connectivity index (χ3v) is 1.78. The summed E-state index contributed by atoms with van der Waals surface area (Å²) in [6.07, 6.45) is 0.545. The van der Waals surface area contributed by atoms with E-state index in [4.69, 9.17) is 17.4 Å². The maximum Gasteiger partial charge on any atom is 0.126 e.